The number of aromatic amines is 1. The fourth-order valence-electron chi connectivity index (χ4n) is 3.90. The van der Waals surface area contributed by atoms with Crippen molar-refractivity contribution in [2.45, 2.75) is 58.2 Å². The van der Waals surface area contributed by atoms with Gasteiger partial charge < -0.3 is 18.9 Å². The summed E-state index contributed by atoms with van der Waals surface area (Å²) in [6.45, 7) is 13.0. The van der Waals surface area contributed by atoms with Crippen LogP contribution < -0.4 is 5.56 Å². The summed E-state index contributed by atoms with van der Waals surface area (Å²) in [4.78, 5) is 40.7. The number of hydrogen-bond donors (Lipinski definition) is 1. The summed E-state index contributed by atoms with van der Waals surface area (Å²) < 4.78 is 10.6. The number of hydrogen-bond acceptors (Lipinski definition) is 10. The SMILES string of the molecule is Cc1noc(C)c1-c1nc(CN2CCCN(C(=O)CSc3nc(C(C)(C)C)cc(=O)[nH]3)CC2)no1. The number of H-pyrrole nitrogens is 1. The van der Waals surface area contributed by atoms with Crippen LogP contribution in [0.15, 0.2) is 25.1 Å². The molecule has 11 nitrogen and oxygen atoms in total. The second-order valence-corrected chi connectivity index (χ2v) is 10.7. The van der Waals surface area contributed by atoms with Crippen molar-refractivity contribution in [2.24, 2.45) is 0 Å². The molecule has 3 aromatic rings. The lowest BCUT2D eigenvalue weighted by Gasteiger charge is -2.21. The Morgan fingerprint density at radius 3 is 2.63 bits per heavy atom. The van der Waals surface area contributed by atoms with Gasteiger partial charge in [-0.3, -0.25) is 14.5 Å². The molecular weight excluding hydrogens is 470 g/mol. The highest BCUT2D eigenvalue weighted by Gasteiger charge is 2.23. The van der Waals surface area contributed by atoms with Crippen LogP contribution in [0.1, 0.15) is 50.2 Å². The minimum atomic E-state index is -0.242. The van der Waals surface area contributed by atoms with Gasteiger partial charge in [-0.15, -0.1) is 0 Å². The van der Waals surface area contributed by atoms with Crippen LogP contribution in [0.4, 0.5) is 0 Å². The number of carbonyl (C=O) groups excluding carboxylic acids is 1. The van der Waals surface area contributed by atoms with E-state index in [2.05, 4.69) is 30.2 Å². The molecule has 4 rings (SSSR count). The molecule has 1 amide bonds. The summed E-state index contributed by atoms with van der Waals surface area (Å²) in [5.41, 5.74) is 1.71. The first-order chi connectivity index (χ1) is 16.6. The summed E-state index contributed by atoms with van der Waals surface area (Å²) in [5, 5.41) is 8.52. The number of nitrogens with zero attached hydrogens (tertiary/aromatic N) is 6. The fourth-order valence-corrected chi connectivity index (χ4v) is 4.67. The Morgan fingerprint density at radius 1 is 1.11 bits per heavy atom. The zero-order chi connectivity index (χ0) is 25.2. The zero-order valence-corrected chi connectivity index (χ0v) is 21.6. The van der Waals surface area contributed by atoms with Crippen molar-refractivity contribution in [3.05, 3.63) is 39.4 Å². The van der Waals surface area contributed by atoms with E-state index < -0.39 is 0 Å². The molecule has 0 saturated carbocycles. The van der Waals surface area contributed by atoms with Crippen LogP contribution in [0.3, 0.4) is 0 Å². The Kier molecular flexibility index (Phi) is 7.41. The summed E-state index contributed by atoms with van der Waals surface area (Å²) in [5.74, 6) is 1.89. The Bertz CT molecular complexity index is 1220. The van der Waals surface area contributed by atoms with Gasteiger partial charge in [0, 0.05) is 37.7 Å². The van der Waals surface area contributed by atoms with Gasteiger partial charge in [0.15, 0.2) is 11.0 Å². The van der Waals surface area contributed by atoms with Crippen LogP contribution in [0.5, 0.6) is 0 Å². The first-order valence-electron chi connectivity index (χ1n) is 11.6. The van der Waals surface area contributed by atoms with Crippen molar-refractivity contribution < 1.29 is 13.8 Å². The molecule has 0 aromatic carbocycles. The lowest BCUT2D eigenvalue weighted by atomic mass is 9.92. The number of aryl methyl sites for hydroxylation is 2. The third kappa shape index (κ3) is 6.17. The Hall–Kier alpha value is -2.99. The standard InChI is InChI=1S/C23H31N7O4S/c1-14-20(15(2)33-27-14)21-25-17(28-34-21)12-29-7-6-8-30(10-9-29)19(32)13-35-22-24-16(23(3,4)5)11-18(31)26-22/h11H,6-10,12-13H2,1-5H3,(H,24,26,31). The monoisotopic (exact) mass is 501 g/mol. The van der Waals surface area contributed by atoms with Crippen molar-refractivity contribution in [2.75, 3.05) is 31.9 Å². The van der Waals surface area contributed by atoms with Gasteiger partial charge in [-0.2, -0.15) is 4.98 Å². The molecule has 1 aliphatic heterocycles. The van der Waals surface area contributed by atoms with E-state index in [1.807, 2.05) is 39.5 Å². The Balaban J connectivity index is 1.31. The lowest BCUT2D eigenvalue weighted by Crippen LogP contribution is -2.36. The normalized spacial score (nSPS) is 15.4. The quantitative estimate of drug-likeness (QED) is 0.396. The number of aromatic nitrogens is 5. The third-order valence-electron chi connectivity index (χ3n) is 5.84. The highest BCUT2D eigenvalue weighted by Crippen LogP contribution is 2.25. The first-order valence-corrected chi connectivity index (χ1v) is 12.6. The average Bonchev–Trinajstić information content (AvgIpc) is 3.29. The van der Waals surface area contributed by atoms with Crippen LogP contribution in [0, 0.1) is 13.8 Å². The van der Waals surface area contributed by atoms with Gasteiger partial charge in [-0.1, -0.05) is 42.8 Å². The molecule has 0 aliphatic carbocycles. The van der Waals surface area contributed by atoms with E-state index in [0.29, 0.717) is 60.2 Å². The second kappa shape index (κ2) is 10.3. The van der Waals surface area contributed by atoms with Crippen LogP contribution in [0.2, 0.25) is 0 Å². The van der Waals surface area contributed by atoms with Crippen molar-refractivity contribution in [3.8, 4) is 11.5 Å². The van der Waals surface area contributed by atoms with Crippen LogP contribution in [-0.4, -0.2) is 72.9 Å². The molecule has 0 unspecified atom stereocenters. The van der Waals surface area contributed by atoms with E-state index in [4.69, 9.17) is 9.05 Å². The van der Waals surface area contributed by atoms with Gasteiger partial charge in [-0.25, -0.2) is 4.98 Å². The molecule has 0 radical (unpaired) electrons. The molecule has 3 aromatic heterocycles. The van der Waals surface area contributed by atoms with E-state index in [0.717, 1.165) is 18.5 Å². The van der Waals surface area contributed by atoms with Gasteiger partial charge >= 0.3 is 0 Å². The largest absolute Gasteiger partial charge is 0.361 e. The fraction of sp³-hybridized carbons (Fsp3) is 0.565. The smallest absolute Gasteiger partial charge is 0.263 e. The van der Waals surface area contributed by atoms with E-state index in [1.165, 1.54) is 17.8 Å². The molecule has 1 fully saturated rings. The molecule has 35 heavy (non-hydrogen) atoms. The molecule has 188 valence electrons. The molecule has 0 bridgehead atoms. The minimum Gasteiger partial charge on any atom is -0.361 e. The van der Waals surface area contributed by atoms with Crippen molar-refractivity contribution in [3.63, 3.8) is 0 Å². The molecule has 1 N–H and O–H groups in total. The number of nitrogens with one attached hydrogen (secondary N) is 1. The molecule has 1 aliphatic rings. The topological polar surface area (TPSA) is 134 Å². The second-order valence-electron chi connectivity index (χ2n) is 9.70. The van der Waals surface area contributed by atoms with Crippen molar-refractivity contribution >= 4 is 17.7 Å². The highest BCUT2D eigenvalue weighted by atomic mass is 32.2. The number of rotatable bonds is 6. The van der Waals surface area contributed by atoms with Gasteiger partial charge in [0.05, 0.1) is 23.7 Å². The highest BCUT2D eigenvalue weighted by molar-refractivity contribution is 7.99. The van der Waals surface area contributed by atoms with Crippen molar-refractivity contribution in [1.82, 2.24) is 35.1 Å². The molecular formula is C23H31N7O4S. The number of thioether (sulfide) groups is 1. The van der Waals surface area contributed by atoms with Gasteiger partial charge in [0.25, 0.3) is 11.4 Å². The molecule has 12 heteroatoms. The lowest BCUT2D eigenvalue weighted by molar-refractivity contribution is -0.128. The molecule has 4 heterocycles. The number of carbonyl (C=O) groups is 1. The summed E-state index contributed by atoms with van der Waals surface area (Å²) >= 11 is 1.26. The van der Waals surface area contributed by atoms with Crippen LogP contribution >= 0.6 is 11.8 Å². The Morgan fingerprint density at radius 2 is 1.91 bits per heavy atom. The summed E-state index contributed by atoms with van der Waals surface area (Å²) in [6, 6.07) is 1.51. The van der Waals surface area contributed by atoms with Crippen molar-refractivity contribution in [1.29, 1.82) is 0 Å². The van der Waals surface area contributed by atoms with E-state index >= 15 is 0 Å². The van der Waals surface area contributed by atoms with E-state index in [1.54, 1.807) is 0 Å². The predicted octanol–water partition coefficient (Wildman–Crippen LogP) is 2.55. The maximum Gasteiger partial charge on any atom is 0.263 e. The van der Waals surface area contributed by atoms with Gasteiger partial charge in [0.1, 0.15) is 11.3 Å². The zero-order valence-electron chi connectivity index (χ0n) is 20.8. The number of amides is 1. The molecule has 0 atom stereocenters. The average molecular weight is 502 g/mol. The predicted molar refractivity (Wildman–Crippen MR) is 130 cm³/mol. The van der Waals surface area contributed by atoms with Crippen LogP contribution in [-0.2, 0) is 16.8 Å². The maximum absolute atomic E-state index is 12.9. The first kappa shape index (κ1) is 25.1. The Labute approximate surface area is 207 Å². The summed E-state index contributed by atoms with van der Waals surface area (Å²) in [6.07, 6.45) is 0.847. The maximum atomic E-state index is 12.9. The van der Waals surface area contributed by atoms with E-state index in [-0.39, 0.29) is 22.6 Å². The molecule has 1 saturated heterocycles. The van der Waals surface area contributed by atoms with E-state index in [9.17, 15) is 9.59 Å². The molecule has 0 spiro atoms. The summed E-state index contributed by atoms with van der Waals surface area (Å²) in [7, 11) is 0. The van der Waals surface area contributed by atoms with Crippen LogP contribution in [0.25, 0.3) is 11.5 Å². The minimum absolute atomic E-state index is 0.0286. The van der Waals surface area contributed by atoms with Gasteiger partial charge in [-0.05, 0) is 20.3 Å². The van der Waals surface area contributed by atoms with Gasteiger partial charge in [0.2, 0.25) is 5.91 Å². The third-order valence-corrected chi connectivity index (χ3v) is 6.70.